The van der Waals surface area contributed by atoms with Gasteiger partial charge in [0.25, 0.3) is 5.89 Å². The zero-order valence-electron chi connectivity index (χ0n) is 16.8. The van der Waals surface area contributed by atoms with Crippen molar-refractivity contribution in [3.63, 3.8) is 0 Å². The number of aromatic nitrogens is 2. The number of carbonyl (C=O) groups is 1. The molecule has 0 saturated carbocycles. The molecule has 0 radical (unpaired) electrons. The van der Waals surface area contributed by atoms with Crippen LogP contribution in [0, 0.1) is 11.8 Å². The van der Waals surface area contributed by atoms with E-state index in [0.717, 1.165) is 34.9 Å². The van der Waals surface area contributed by atoms with Crippen molar-refractivity contribution in [2.75, 3.05) is 13.1 Å². The molecular weight excluding hydrogens is 378 g/mol. The lowest BCUT2D eigenvalue weighted by Crippen LogP contribution is -2.49. The lowest BCUT2D eigenvalue weighted by molar-refractivity contribution is -0.147. The average Bonchev–Trinajstić information content (AvgIpc) is 3.20. The number of carboxylic acid groups (broad SMARTS) is 1. The van der Waals surface area contributed by atoms with E-state index in [2.05, 4.69) is 52.3 Å². The van der Waals surface area contributed by atoms with E-state index in [1.807, 2.05) is 24.3 Å². The monoisotopic (exact) mass is 401 g/mol. The lowest BCUT2D eigenvalue weighted by atomic mass is 9.95. The largest absolute Gasteiger partial charge is 0.481 e. The van der Waals surface area contributed by atoms with Crippen LogP contribution in [0.2, 0.25) is 0 Å². The summed E-state index contributed by atoms with van der Waals surface area (Å²) in [6.07, 6.45) is 7.37. The summed E-state index contributed by atoms with van der Waals surface area (Å²) in [5.41, 5.74) is 3.08. The second kappa shape index (κ2) is 7.54. The predicted molar refractivity (Wildman–Crippen MR) is 115 cm³/mol. The van der Waals surface area contributed by atoms with Gasteiger partial charge in [0.15, 0.2) is 0 Å². The van der Waals surface area contributed by atoms with Crippen molar-refractivity contribution in [3.05, 3.63) is 66.1 Å². The fourth-order valence-electron chi connectivity index (χ4n) is 4.22. The first-order valence-corrected chi connectivity index (χ1v) is 10.3. The van der Waals surface area contributed by atoms with Gasteiger partial charge in [-0.3, -0.25) is 9.69 Å². The van der Waals surface area contributed by atoms with Gasteiger partial charge in [-0.25, -0.2) is 0 Å². The van der Waals surface area contributed by atoms with Crippen molar-refractivity contribution >= 4 is 22.3 Å². The van der Waals surface area contributed by atoms with E-state index in [4.69, 9.17) is 9.63 Å². The van der Waals surface area contributed by atoms with E-state index < -0.39 is 5.97 Å². The molecule has 30 heavy (non-hydrogen) atoms. The van der Waals surface area contributed by atoms with Crippen LogP contribution in [0.5, 0.6) is 0 Å². The first-order valence-electron chi connectivity index (χ1n) is 10.3. The Morgan fingerprint density at radius 3 is 2.77 bits per heavy atom. The van der Waals surface area contributed by atoms with E-state index in [1.165, 1.54) is 5.56 Å². The summed E-state index contributed by atoms with van der Waals surface area (Å²) in [6, 6.07) is 12.3. The summed E-state index contributed by atoms with van der Waals surface area (Å²) in [5, 5.41) is 15.6. The topological polar surface area (TPSA) is 79.5 Å². The molecule has 1 aromatic heterocycles. The number of carboxylic acids is 1. The Morgan fingerprint density at radius 1 is 1.20 bits per heavy atom. The van der Waals surface area contributed by atoms with E-state index in [9.17, 15) is 4.79 Å². The highest BCUT2D eigenvalue weighted by Crippen LogP contribution is 2.32. The van der Waals surface area contributed by atoms with Gasteiger partial charge in [0.05, 0.1) is 5.92 Å². The predicted octanol–water partition coefficient (Wildman–Crippen LogP) is 4.39. The zero-order valence-corrected chi connectivity index (χ0v) is 16.8. The number of rotatable bonds is 5. The first kappa shape index (κ1) is 18.8. The van der Waals surface area contributed by atoms with Crippen LogP contribution < -0.4 is 0 Å². The number of hydrogen-bond donors (Lipinski definition) is 1. The lowest BCUT2D eigenvalue weighted by Gasteiger charge is -2.36. The number of fused-ring (bicyclic) bond motifs is 1. The molecule has 6 heteroatoms. The highest BCUT2D eigenvalue weighted by molar-refractivity contribution is 5.97. The van der Waals surface area contributed by atoms with Crippen LogP contribution in [0.15, 0.2) is 59.1 Å². The molecule has 0 bridgehead atoms. The smallest absolute Gasteiger partial charge is 0.309 e. The van der Waals surface area contributed by atoms with Crippen molar-refractivity contribution in [1.82, 2.24) is 15.0 Å². The molecule has 1 aliphatic heterocycles. The molecule has 1 atom stereocenters. The van der Waals surface area contributed by atoms with Gasteiger partial charge >= 0.3 is 5.97 Å². The third-order valence-electron chi connectivity index (χ3n) is 5.90. The second-order valence-electron chi connectivity index (χ2n) is 8.21. The molecule has 2 heterocycles. The van der Waals surface area contributed by atoms with Crippen LogP contribution in [0.3, 0.4) is 0 Å². The van der Waals surface area contributed by atoms with Gasteiger partial charge in [0.1, 0.15) is 0 Å². The van der Waals surface area contributed by atoms with Crippen LogP contribution in [-0.2, 0) is 11.3 Å². The number of nitrogens with zero attached hydrogens (tertiary/aromatic N) is 3. The maximum absolute atomic E-state index is 11.1. The quantitative estimate of drug-likeness (QED) is 0.683. The molecular formula is C24H23N3O3. The van der Waals surface area contributed by atoms with Crippen molar-refractivity contribution in [2.24, 2.45) is 11.8 Å². The Morgan fingerprint density at radius 2 is 2.00 bits per heavy atom. The fourth-order valence-corrected chi connectivity index (χ4v) is 4.22. The van der Waals surface area contributed by atoms with Crippen molar-refractivity contribution < 1.29 is 14.4 Å². The van der Waals surface area contributed by atoms with Crippen LogP contribution >= 0.6 is 0 Å². The Balaban J connectivity index is 1.45. The molecule has 1 N–H and O–H groups in total. The molecule has 5 rings (SSSR count). The second-order valence-corrected chi connectivity index (χ2v) is 8.21. The summed E-state index contributed by atoms with van der Waals surface area (Å²) in [4.78, 5) is 17.9. The highest BCUT2D eigenvalue weighted by atomic mass is 16.5. The Bertz CT molecular complexity index is 1170. The van der Waals surface area contributed by atoms with Gasteiger partial charge in [-0.15, -0.1) is 0 Å². The summed E-state index contributed by atoms with van der Waals surface area (Å²) < 4.78 is 5.57. The van der Waals surface area contributed by atoms with Crippen molar-refractivity contribution in [1.29, 1.82) is 0 Å². The van der Waals surface area contributed by atoms with Gasteiger partial charge in [-0.1, -0.05) is 66.7 Å². The maximum Gasteiger partial charge on any atom is 0.309 e. The van der Waals surface area contributed by atoms with E-state index in [0.29, 0.717) is 30.7 Å². The standard InChI is InChI=1S/C24H23N3O3/c1-15-5-4-6-16(11-15)23-25-22(26-30-23)21-10-9-17(19-7-2-3-8-20(19)21)12-27-13-18(14-27)24(28)29/h2-4,6-11,15,18H,5,12-14H2,1H3,(H,28,29). The minimum absolute atomic E-state index is 0.251. The summed E-state index contributed by atoms with van der Waals surface area (Å²) >= 11 is 0. The van der Waals surface area contributed by atoms with Crippen LogP contribution in [-0.4, -0.2) is 39.2 Å². The molecule has 2 aliphatic rings. The number of benzene rings is 2. The first-order chi connectivity index (χ1) is 14.6. The SMILES string of the molecule is CC1C=C(c2nc(-c3ccc(CN4CC(C(=O)O)C4)c4ccccc34)no2)C=CC1. The van der Waals surface area contributed by atoms with Gasteiger partial charge in [-0.05, 0) is 28.7 Å². The van der Waals surface area contributed by atoms with Crippen molar-refractivity contribution in [3.8, 4) is 11.4 Å². The highest BCUT2D eigenvalue weighted by Gasteiger charge is 2.32. The van der Waals surface area contributed by atoms with E-state index >= 15 is 0 Å². The van der Waals surface area contributed by atoms with Gasteiger partial charge in [-0.2, -0.15) is 4.98 Å². The number of aliphatic carboxylic acids is 1. The zero-order chi connectivity index (χ0) is 20.7. The third kappa shape index (κ3) is 3.44. The number of hydrogen-bond acceptors (Lipinski definition) is 5. The fraction of sp³-hybridized carbons (Fsp3) is 0.292. The number of allylic oxidation sites excluding steroid dienone is 4. The molecule has 3 aromatic rings. The normalized spacial score (nSPS) is 19.6. The average molecular weight is 401 g/mol. The molecule has 1 unspecified atom stereocenters. The summed E-state index contributed by atoms with van der Waals surface area (Å²) in [7, 11) is 0. The Hall–Kier alpha value is -3.25. The Labute approximate surface area is 174 Å². The van der Waals surface area contributed by atoms with Crippen LogP contribution in [0.25, 0.3) is 27.7 Å². The maximum atomic E-state index is 11.1. The minimum Gasteiger partial charge on any atom is -0.481 e. The molecule has 1 aliphatic carbocycles. The van der Waals surface area contributed by atoms with Crippen LogP contribution in [0.4, 0.5) is 0 Å². The number of likely N-dealkylation sites (tertiary alicyclic amines) is 1. The molecule has 6 nitrogen and oxygen atoms in total. The van der Waals surface area contributed by atoms with E-state index in [-0.39, 0.29) is 5.92 Å². The summed E-state index contributed by atoms with van der Waals surface area (Å²) in [6.45, 7) is 4.10. The molecule has 0 amide bonds. The third-order valence-corrected chi connectivity index (χ3v) is 5.90. The van der Waals surface area contributed by atoms with Crippen molar-refractivity contribution in [2.45, 2.75) is 19.9 Å². The van der Waals surface area contributed by atoms with E-state index in [1.54, 1.807) is 0 Å². The van der Waals surface area contributed by atoms with Crippen LogP contribution in [0.1, 0.15) is 24.8 Å². The molecule has 1 saturated heterocycles. The summed E-state index contributed by atoms with van der Waals surface area (Å²) in [5.74, 6) is 0.620. The minimum atomic E-state index is -0.711. The molecule has 2 aromatic carbocycles. The van der Waals surface area contributed by atoms with Gasteiger partial charge in [0, 0.05) is 30.8 Å². The van der Waals surface area contributed by atoms with Gasteiger partial charge < -0.3 is 9.63 Å². The molecule has 0 spiro atoms. The Kier molecular flexibility index (Phi) is 4.71. The molecule has 1 fully saturated rings. The molecule has 152 valence electrons. The van der Waals surface area contributed by atoms with Gasteiger partial charge in [0.2, 0.25) is 5.82 Å².